The van der Waals surface area contributed by atoms with Crippen molar-refractivity contribution in [3.8, 4) is 0 Å². The van der Waals surface area contributed by atoms with E-state index in [1.165, 1.54) is 11.6 Å². The number of Topliss-reactive ketones (excluding diaryl/α,β-unsaturated/α-hetero) is 1. The van der Waals surface area contributed by atoms with Crippen molar-refractivity contribution in [2.45, 2.75) is 32.4 Å². The third kappa shape index (κ3) is 3.41. The molecule has 6 heteroatoms. The molecule has 2 heterocycles. The maximum Gasteiger partial charge on any atom is 0.269 e. The lowest BCUT2D eigenvalue weighted by Crippen LogP contribution is -2.37. The molecule has 2 rings (SSSR count). The molecule has 1 aromatic rings. The topological polar surface area (TPSA) is 64.4 Å². The van der Waals surface area contributed by atoms with Gasteiger partial charge in [-0.25, -0.2) is 4.68 Å². The Balaban J connectivity index is 2.08. The van der Waals surface area contributed by atoms with Crippen LogP contribution in [-0.2, 0) is 16.1 Å². The summed E-state index contributed by atoms with van der Waals surface area (Å²) in [6.07, 6.45) is 3.86. The van der Waals surface area contributed by atoms with Gasteiger partial charge in [-0.15, -0.1) is 0 Å². The summed E-state index contributed by atoms with van der Waals surface area (Å²) in [5, 5.41) is 4.04. The molecule has 0 spiro atoms. The molecular weight excluding hydrogens is 246 g/mol. The van der Waals surface area contributed by atoms with Crippen molar-refractivity contribution in [2.75, 3.05) is 25.1 Å². The molecule has 1 aliphatic heterocycles. The quantitative estimate of drug-likeness (QED) is 0.790. The Morgan fingerprint density at radius 3 is 2.68 bits per heavy atom. The van der Waals surface area contributed by atoms with Gasteiger partial charge in [-0.3, -0.25) is 9.59 Å². The fourth-order valence-electron chi connectivity index (χ4n) is 2.28. The third-order valence-electron chi connectivity index (χ3n) is 3.37. The molecule has 0 saturated carbocycles. The Labute approximate surface area is 112 Å². The zero-order valence-corrected chi connectivity index (χ0v) is 11.3. The van der Waals surface area contributed by atoms with E-state index in [4.69, 9.17) is 4.74 Å². The van der Waals surface area contributed by atoms with Crippen LogP contribution >= 0.6 is 0 Å². The molecule has 0 N–H and O–H groups in total. The van der Waals surface area contributed by atoms with Crippen LogP contribution in [-0.4, -0.2) is 41.9 Å². The smallest absolute Gasteiger partial charge is 0.269 e. The highest BCUT2D eigenvalue weighted by Gasteiger charge is 2.19. The van der Waals surface area contributed by atoms with Crippen LogP contribution in [0.25, 0.3) is 0 Å². The maximum absolute atomic E-state index is 11.8. The molecule has 0 radical (unpaired) electrons. The van der Waals surface area contributed by atoms with Crippen molar-refractivity contribution >= 4 is 11.5 Å². The Morgan fingerprint density at radius 2 is 2.16 bits per heavy atom. The first-order valence-electron chi connectivity index (χ1n) is 6.44. The van der Waals surface area contributed by atoms with E-state index in [0.29, 0.717) is 6.10 Å². The zero-order chi connectivity index (χ0) is 13.8. The predicted molar refractivity (Wildman–Crippen MR) is 71.4 cm³/mol. The number of rotatable bonds is 4. The molecule has 0 aromatic carbocycles. The second-order valence-corrected chi connectivity index (χ2v) is 4.83. The van der Waals surface area contributed by atoms with E-state index in [2.05, 4.69) is 10.00 Å². The van der Waals surface area contributed by atoms with E-state index in [9.17, 15) is 9.59 Å². The van der Waals surface area contributed by atoms with Crippen LogP contribution in [0.15, 0.2) is 17.1 Å². The van der Waals surface area contributed by atoms with Gasteiger partial charge in [0.1, 0.15) is 6.54 Å². The molecule has 1 aromatic heterocycles. The highest BCUT2D eigenvalue weighted by Crippen LogP contribution is 2.18. The number of nitrogens with zero attached hydrogens (tertiary/aromatic N) is 3. The average molecular weight is 265 g/mol. The Hall–Kier alpha value is -1.69. The summed E-state index contributed by atoms with van der Waals surface area (Å²) in [5.74, 6) is -0.0803. The molecular formula is C13H19N3O3. The number of piperidine rings is 1. The van der Waals surface area contributed by atoms with Crippen LogP contribution in [0.5, 0.6) is 0 Å². The minimum Gasteiger partial charge on any atom is -0.381 e. The van der Waals surface area contributed by atoms with Crippen LogP contribution in [0, 0.1) is 0 Å². The second-order valence-electron chi connectivity index (χ2n) is 4.83. The van der Waals surface area contributed by atoms with E-state index in [1.807, 2.05) is 0 Å². The minimum atomic E-state index is -0.235. The van der Waals surface area contributed by atoms with Crippen molar-refractivity contribution in [1.82, 2.24) is 9.78 Å². The summed E-state index contributed by atoms with van der Waals surface area (Å²) < 4.78 is 6.50. The number of aromatic nitrogens is 2. The lowest BCUT2D eigenvalue weighted by Gasteiger charge is -2.32. The summed E-state index contributed by atoms with van der Waals surface area (Å²) in [5.41, 5.74) is 0.584. The first-order chi connectivity index (χ1) is 9.10. The van der Waals surface area contributed by atoms with Crippen molar-refractivity contribution in [3.63, 3.8) is 0 Å². The van der Waals surface area contributed by atoms with Gasteiger partial charge in [0.15, 0.2) is 5.78 Å². The van der Waals surface area contributed by atoms with Crippen molar-refractivity contribution in [3.05, 3.63) is 22.6 Å². The van der Waals surface area contributed by atoms with Crippen LogP contribution < -0.4 is 10.5 Å². The number of carbonyl (C=O) groups is 1. The molecule has 1 aliphatic rings. The lowest BCUT2D eigenvalue weighted by atomic mass is 10.1. The van der Waals surface area contributed by atoms with Gasteiger partial charge in [-0.2, -0.15) is 5.10 Å². The van der Waals surface area contributed by atoms with E-state index in [-0.39, 0.29) is 17.9 Å². The first kappa shape index (κ1) is 13.7. The van der Waals surface area contributed by atoms with Gasteiger partial charge >= 0.3 is 0 Å². The number of hydrogen-bond acceptors (Lipinski definition) is 5. The molecule has 0 amide bonds. The van der Waals surface area contributed by atoms with Gasteiger partial charge in [0.2, 0.25) is 0 Å². The fraction of sp³-hybridized carbons (Fsp3) is 0.615. The molecule has 6 nitrogen and oxygen atoms in total. The van der Waals surface area contributed by atoms with Gasteiger partial charge < -0.3 is 9.64 Å². The number of methoxy groups -OCH3 is 1. The molecule has 0 bridgehead atoms. The Morgan fingerprint density at radius 1 is 1.47 bits per heavy atom. The van der Waals surface area contributed by atoms with Crippen LogP contribution in [0.3, 0.4) is 0 Å². The fourth-order valence-corrected chi connectivity index (χ4v) is 2.28. The van der Waals surface area contributed by atoms with Crippen molar-refractivity contribution in [2.24, 2.45) is 0 Å². The van der Waals surface area contributed by atoms with Gasteiger partial charge in [-0.1, -0.05) is 0 Å². The van der Waals surface area contributed by atoms with Crippen LogP contribution in [0.1, 0.15) is 19.8 Å². The number of hydrogen-bond donors (Lipinski definition) is 0. The maximum atomic E-state index is 11.8. The van der Waals surface area contributed by atoms with Crippen molar-refractivity contribution in [1.29, 1.82) is 0 Å². The summed E-state index contributed by atoms with van der Waals surface area (Å²) in [7, 11) is 1.73. The molecule has 19 heavy (non-hydrogen) atoms. The Kier molecular flexibility index (Phi) is 4.31. The molecule has 104 valence electrons. The van der Waals surface area contributed by atoms with Gasteiger partial charge in [0.05, 0.1) is 18.0 Å². The first-order valence-corrected chi connectivity index (χ1v) is 6.44. The SMILES string of the molecule is COC1CCN(c2cnn(CC(C)=O)c(=O)c2)CC1. The minimum absolute atomic E-state index is 0.0326. The Bertz CT molecular complexity index is 504. The van der Waals surface area contributed by atoms with Gasteiger partial charge in [0.25, 0.3) is 5.56 Å². The highest BCUT2D eigenvalue weighted by molar-refractivity contribution is 5.75. The largest absolute Gasteiger partial charge is 0.381 e. The number of ether oxygens (including phenoxy) is 1. The van der Waals surface area contributed by atoms with Crippen LogP contribution in [0.2, 0.25) is 0 Å². The predicted octanol–water partition coefficient (Wildman–Crippen LogP) is 0.447. The summed E-state index contributed by atoms with van der Waals surface area (Å²) in [6, 6.07) is 1.54. The van der Waals surface area contributed by atoms with E-state index in [0.717, 1.165) is 31.6 Å². The highest BCUT2D eigenvalue weighted by atomic mass is 16.5. The number of ketones is 1. The van der Waals surface area contributed by atoms with E-state index in [1.54, 1.807) is 19.4 Å². The third-order valence-corrected chi connectivity index (χ3v) is 3.37. The number of anilines is 1. The summed E-state index contributed by atoms with van der Waals surface area (Å²) in [6.45, 7) is 3.19. The van der Waals surface area contributed by atoms with Gasteiger partial charge in [-0.05, 0) is 19.8 Å². The molecule has 1 saturated heterocycles. The monoisotopic (exact) mass is 265 g/mol. The average Bonchev–Trinajstić information content (AvgIpc) is 2.41. The zero-order valence-electron chi connectivity index (χ0n) is 11.3. The van der Waals surface area contributed by atoms with Crippen molar-refractivity contribution < 1.29 is 9.53 Å². The second kappa shape index (κ2) is 5.97. The standard InChI is InChI=1S/C13H19N3O3/c1-10(17)9-16-13(18)7-11(8-14-16)15-5-3-12(19-2)4-6-15/h7-8,12H,3-6,9H2,1-2H3. The van der Waals surface area contributed by atoms with Gasteiger partial charge in [0, 0.05) is 26.3 Å². The summed E-state index contributed by atoms with van der Waals surface area (Å²) >= 11 is 0. The normalized spacial score (nSPS) is 16.6. The molecule has 1 fully saturated rings. The molecule has 0 unspecified atom stereocenters. The van der Waals surface area contributed by atoms with E-state index < -0.39 is 0 Å². The lowest BCUT2D eigenvalue weighted by molar-refractivity contribution is -0.117. The van der Waals surface area contributed by atoms with E-state index >= 15 is 0 Å². The summed E-state index contributed by atoms with van der Waals surface area (Å²) in [4.78, 5) is 25.0. The number of carbonyl (C=O) groups excluding carboxylic acids is 1. The molecule has 0 aliphatic carbocycles. The molecule has 0 atom stereocenters. The van der Waals surface area contributed by atoms with Crippen LogP contribution in [0.4, 0.5) is 5.69 Å².